The molecule has 0 amide bonds. The summed E-state index contributed by atoms with van der Waals surface area (Å²) in [6, 6.07) is 0.834. The summed E-state index contributed by atoms with van der Waals surface area (Å²) in [5, 5.41) is 7.25. The Morgan fingerprint density at radius 2 is 2.11 bits per heavy atom. The molecule has 0 aromatic carbocycles. The third kappa shape index (κ3) is 3.12. The summed E-state index contributed by atoms with van der Waals surface area (Å²) in [4.78, 5) is 4.68. The van der Waals surface area contributed by atoms with Crippen LogP contribution in [0.1, 0.15) is 55.6 Å². The van der Waals surface area contributed by atoms with Gasteiger partial charge in [-0.2, -0.15) is 0 Å². The average molecular weight is 264 g/mol. The maximum Gasteiger partial charge on any atom is 0.0897 e. The maximum atomic E-state index is 4.68. The van der Waals surface area contributed by atoms with E-state index in [1.54, 1.807) is 11.3 Å². The van der Waals surface area contributed by atoms with Gasteiger partial charge in [-0.1, -0.05) is 19.3 Å². The van der Waals surface area contributed by atoms with Crippen LogP contribution in [0.4, 0.5) is 0 Å². The van der Waals surface area contributed by atoms with Crippen LogP contribution in [-0.2, 0) is 6.42 Å². The van der Waals surface area contributed by atoms with Gasteiger partial charge in [0.1, 0.15) is 0 Å². The molecule has 0 radical (unpaired) electrons. The molecule has 0 unspecified atom stereocenters. The molecule has 0 atom stereocenters. The monoisotopic (exact) mass is 264 g/mol. The highest BCUT2D eigenvalue weighted by atomic mass is 32.1. The Hall–Kier alpha value is -0.410. The highest BCUT2D eigenvalue weighted by Crippen LogP contribution is 2.39. The van der Waals surface area contributed by atoms with Crippen molar-refractivity contribution in [3.05, 3.63) is 16.1 Å². The summed E-state index contributed by atoms with van der Waals surface area (Å²) in [7, 11) is 0. The lowest BCUT2D eigenvalue weighted by atomic mass is 9.71. The van der Waals surface area contributed by atoms with Gasteiger partial charge >= 0.3 is 0 Å². The molecule has 2 fully saturated rings. The zero-order chi connectivity index (χ0) is 12.4. The SMILES string of the molecule is Cc1nc(CC2(CNC3CC3)CCCCC2)cs1. The summed E-state index contributed by atoms with van der Waals surface area (Å²) in [5.74, 6) is 0. The van der Waals surface area contributed by atoms with Crippen LogP contribution >= 0.6 is 11.3 Å². The van der Waals surface area contributed by atoms with Crippen molar-refractivity contribution in [1.29, 1.82) is 0 Å². The quantitative estimate of drug-likeness (QED) is 0.877. The van der Waals surface area contributed by atoms with Crippen LogP contribution in [0, 0.1) is 12.3 Å². The molecule has 0 saturated heterocycles. The summed E-state index contributed by atoms with van der Waals surface area (Å²) in [6.45, 7) is 3.33. The molecule has 1 N–H and O–H groups in total. The van der Waals surface area contributed by atoms with Crippen molar-refractivity contribution in [1.82, 2.24) is 10.3 Å². The van der Waals surface area contributed by atoms with Crippen LogP contribution in [0.15, 0.2) is 5.38 Å². The van der Waals surface area contributed by atoms with Crippen molar-refractivity contribution in [2.75, 3.05) is 6.54 Å². The van der Waals surface area contributed by atoms with Gasteiger partial charge in [0.05, 0.1) is 10.7 Å². The third-order valence-corrected chi connectivity index (χ3v) is 5.30. The lowest BCUT2D eigenvalue weighted by molar-refractivity contribution is 0.178. The van der Waals surface area contributed by atoms with Crippen molar-refractivity contribution in [3.8, 4) is 0 Å². The van der Waals surface area contributed by atoms with Gasteiger partial charge in [-0.3, -0.25) is 0 Å². The van der Waals surface area contributed by atoms with Gasteiger partial charge < -0.3 is 5.32 Å². The molecule has 2 nitrogen and oxygen atoms in total. The normalized spacial score (nSPS) is 23.2. The van der Waals surface area contributed by atoms with E-state index in [0.717, 1.165) is 6.04 Å². The molecule has 3 heteroatoms. The van der Waals surface area contributed by atoms with Gasteiger partial charge in [-0.15, -0.1) is 11.3 Å². The van der Waals surface area contributed by atoms with Crippen molar-refractivity contribution >= 4 is 11.3 Å². The molecule has 1 heterocycles. The fourth-order valence-electron chi connectivity index (χ4n) is 3.24. The molecule has 18 heavy (non-hydrogen) atoms. The van der Waals surface area contributed by atoms with Crippen LogP contribution in [-0.4, -0.2) is 17.6 Å². The van der Waals surface area contributed by atoms with Crippen molar-refractivity contribution in [3.63, 3.8) is 0 Å². The first-order valence-electron chi connectivity index (χ1n) is 7.40. The Morgan fingerprint density at radius 3 is 2.72 bits per heavy atom. The molecular weight excluding hydrogens is 240 g/mol. The standard InChI is InChI=1S/C15H24N2S/c1-12-17-14(10-18-12)9-15(7-3-2-4-8-15)11-16-13-5-6-13/h10,13,16H,2-9,11H2,1H3. The maximum absolute atomic E-state index is 4.68. The fraction of sp³-hybridized carbons (Fsp3) is 0.800. The highest BCUT2D eigenvalue weighted by molar-refractivity contribution is 7.09. The third-order valence-electron chi connectivity index (χ3n) is 4.48. The molecule has 2 aliphatic rings. The number of nitrogens with zero attached hydrogens (tertiary/aromatic N) is 1. The van der Waals surface area contributed by atoms with E-state index in [-0.39, 0.29) is 0 Å². The van der Waals surface area contributed by atoms with E-state index in [0.29, 0.717) is 5.41 Å². The summed E-state index contributed by atoms with van der Waals surface area (Å²) < 4.78 is 0. The smallest absolute Gasteiger partial charge is 0.0897 e. The largest absolute Gasteiger partial charge is 0.313 e. The topological polar surface area (TPSA) is 24.9 Å². The molecule has 0 bridgehead atoms. The Balaban J connectivity index is 1.66. The second-order valence-electron chi connectivity index (χ2n) is 6.25. The number of aryl methyl sites for hydroxylation is 1. The van der Waals surface area contributed by atoms with E-state index in [1.165, 1.54) is 68.6 Å². The summed E-state index contributed by atoms with van der Waals surface area (Å²) in [6.07, 6.45) is 11.0. The number of aromatic nitrogens is 1. The van der Waals surface area contributed by atoms with E-state index in [2.05, 4.69) is 22.6 Å². The predicted molar refractivity (Wildman–Crippen MR) is 77.1 cm³/mol. The fourth-order valence-corrected chi connectivity index (χ4v) is 3.85. The molecule has 3 rings (SSSR count). The molecule has 2 aliphatic carbocycles. The van der Waals surface area contributed by atoms with Gasteiger partial charge in [0.25, 0.3) is 0 Å². The first-order chi connectivity index (χ1) is 8.76. The van der Waals surface area contributed by atoms with Crippen molar-refractivity contribution in [2.24, 2.45) is 5.41 Å². The molecule has 1 aromatic rings. The minimum Gasteiger partial charge on any atom is -0.313 e. The summed E-state index contributed by atoms with van der Waals surface area (Å²) in [5.41, 5.74) is 1.83. The zero-order valence-corrected chi connectivity index (χ0v) is 12.2. The molecule has 100 valence electrons. The molecular formula is C15H24N2S. The number of thiazole rings is 1. The Labute approximate surface area is 114 Å². The summed E-state index contributed by atoms with van der Waals surface area (Å²) >= 11 is 1.80. The van der Waals surface area contributed by atoms with Crippen LogP contribution < -0.4 is 5.32 Å². The lowest BCUT2D eigenvalue weighted by Gasteiger charge is -2.37. The van der Waals surface area contributed by atoms with Gasteiger partial charge in [0, 0.05) is 18.0 Å². The minimum atomic E-state index is 0.501. The highest BCUT2D eigenvalue weighted by Gasteiger charge is 2.34. The Kier molecular flexibility index (Phi) is 3.71. The van der Waals surface area contributed by atoms with Gasteiger partial charge in [0.15, 0.2) is 0 Å². The second-order valence-corrected chi connectivity index (χ2v) is 7.31. The molecule has 0 spiro atoms. The van der Waals surface area contributed by atoms with Crippen LogP contribution in [0.5, 0.6) is 0 Å². The lowest BCUT2D eigenvalue weighted by Crippen LogP contribution is -2.39. The predicted octanol–water partition coefficient (Wildman–Crippen LogP) is 3.70. The van der Waals surface area contributed by atoms with Crippen molar-refractivity contribution in [2.45, 2.75) is 64.3 Å². The van der Waals surface area contributed by atoms with Crippen LogP contribution in [0.3, 0.4) is 0 Å². The van der Waals surface area contributed by atoms with Crippen LogP contribution in [0.25, 0.3) is 0 Å². The van der Waals surface area contributed by atoms with E-state index >= 15 is 0 Å². The van der Waals surface area contributed by atoms with E-state index < -0.39 is 0 Å². The van der Waals surface area contributed by atoms with Crippen LogP contribution in [0.2, 0.25) is 0 Å². The average Bonchev–Trinajstić information content (AvgIpc) is 3.12. The first-order valence-corrected chi connectivity index (χ1v) is 8.28. The number of hydrogen-bond acceptors (Lipinski definition) is 3. The zero-order valence-electron chi connectivity index (χ0n) is 11.4. The van der Waals surface area contributed by atoms with Gasteiger partial charge in [-0.05, 0) is 44.4 Å². The Bertz CT molecular complexity index is 389. The van der Waals surface area contributed by atoms with Crippen molar-refractivity contribution < 1.29 is 0 Å². The first kappa shape index (κ1) is 12.6. The van der Waals surface area contributed by atoms with Gasteiger partial charge in [0.2, 0.25) is 0 Å². The second kappa shape index (κ2) is 5.30. The number of rotatable bonds is 5. The van der Waals surface area contributed by atoms with E-state index in [4.69, 9.17) is 0 Å². The minimum absolute atomic E-state index is 0.501. The molecule has 0 aliphatic heterocycles. The van der Waals surface area contributed by atoms with Gasteiger partial charge in [-0.25, -0.2) is 4.98 Å². The van der Waals surface area contributed by atoms with E-state index in [9.17, 15) is 0 Å². The van der Waals surface area contributed by atoms with E-state index in [1.807, 2.05) is 0 Å². The molecule has 1 aromatic heterocycles. The number of nitrogens with one attached hydrogen (secondary N) is 1. The Morgan fingerprint density at radius 1 is 1.33 bits per heavy atom. The molecule has 2 saturated carbocycles. The number of hydrogen-bond donors (Lipinski definition) is 1.